The molecule has 2 aromatic rings. The number of nitrogen functional groups attached to an aromatic ring is 1. The Kier molecular flexibility index (Phi) is 4.70. The number of methoxy groups -OCH3 is 1. The molecular formula is C14H19N5O. The average Bonchev–Trinajstić information content (AvgIpc) is 2.48. The molecule has 0 aliphatic heterocycles. The van der Waals surface area contributed by atoms with Crippen molar-refractivity contribution in [3.05, 3.63) is 35.9 Å². The van der Waals surface area contributed by atoms with Crippen LogP contribution in [-0.2, 0) is 13.0 Å². The van der Waals surface area contributed by atoms with Crippen LogP contribution in [0.25, 0.3) is 0 Å². The average molecular weight is 273 g/mol. The zero-order chi connectivity index (χ0) is 14.4. The second kappa shape index (κ2) is 6.70. The molecule has 0 spiro atoms. The first-order valence-electron chi connectivity index (χ1n) is 6.58. The fourth-order valence-corrected chi connectivity index (χ4v) is 1.80. The largest absolute Gasteiger partial charge is 0.479 e. The number of aromatic nitrogens is 3. The molecule has 2 rings (SSSR count). The van der Waals surface area contributed by atoms with E-state index in [-0.39, 0.29) is 0 Å². The van der Waals surface area contributed by atoms with E-state index in [1.807, 2.05) is 18.2 Å². The smallest absolute Gasteiger partial charge is 0.242 e. The molecule has 106 valence electrons. The van der Waals surface area contributed by atoms with Crippen LogP contribution in [0, 0.1) is 0 Å². The van der Waals surface area contributed by atoms with E-state index in [4.69, 9.17) is 10.5 Å². The number of aryl methyl sites for hydroxylation is 1. The maximum Gasteiger partial charge on any atom is 0.242 e. The highest BCUT2D eigenvalue weighted by atomic mass is 16.5. The normalized spacial score (nSPS) is 10.3. The van der Waals surface area contributed by atoms with Crippen LogP contribution in [0.2, 0.25) is 0 Å². The second-order valence-corrected chi connectivity index (χ2v) is 4.34. The first-order chi connectivity index (χ1) is 9.74. The van der Waals surface area contributed by atoms with E-state index in [1.165, 1.54) is 0 Å². The molecule has 20 heavy (non-hydrogen) atoms. The fourth-order valence-electron chi connectivity index (χ4n) is 1.80. The van der Waals surface area contributed by atoms with Gasteiger partial charge in [-0.2, -0.15) is 4.98 Å². The number of ether oxygens (including phenoxy) is 1. The molecule has 0 saturated carbocycles. The standard InChI is InChI=1S/C14H19N5O/c1-3-6-11-18-13(12(15)14(19-11)20-2)17-9-10-7-4-5-8-16-10/h4-5,7-8H,3,6,9,15H2,1-2H3,(H,17,18,19). The molecule has 0 saturated heterocycles. The Balaban J connectivity index is 2.19. The van der Waals surface area contributed by atoms with E-state index in [0.29, 0.717) is 23.9 Å². The molecule has 2 heterocycles. The van der Waals surface area contributed by atoms with Crippen molar-refractivity contribution in [1.29, 1.82) is 0 Å². The van der Waals surface area contributed by atoms with Crippen molar-refractivity contribution in [2.45, 2.75) is 26.3 Å². The predicted molar refractivity (Wildman–Crippen MR) is 78.6 cm³/mol. The Morgan fingerprint density at radius 2 is 2.15 bits per heavy atom. The van der Waals surface area contributed by atoms with Crippen molar-refractivity contribution in [2.24, 2.45) is 0 Å². The van der Waals surface area contributed by atoms with Crippen molar-refractivity contribution in [2.75, 3.05) is 18.2 Å². The number of pyridine rings is 1. The molecule has 0 radical (unpaired) electrons. The number of nitrogens with one attached hydrogen (secondary N) is 1. The molecule has 3 N–H and O–H groups in total. The Bertz CT molecular complexity index is 559. The summed E-state index contributed by atoms with van der Waals surface area (Å²) in [5.74, 6) is 1.72. The van der Waals surface area contributed by atoms with Crippen molar-refractivity contribution < 1.29 is 4.74 Å². The van der Waals surface area contributed by atoms with Crippen LogP contribution in [0.5, 0.6) is 5.88 Å². The minimum atomic E-state index is 0.409. The molecule has 0 unspecified atom stereocenters. The van der Waals surface area contributed by atoms with Gasteiger partial charge in [-0.15, -0.1) is 0 Å². The second-order valence-electron chi connectivity index (χ2n) is 4.34. The lowest BCUT2D eigenvalue weighted by atomic mass is 10.3. The van der Waals surface area contributed by atoms with E-state index in [2.05, 4.69) is 27.2 Å². The van der Waals surface area contributed by atoms with E-state index in [0.717, 1.165) is 24.4 Å². The summed E-state index contributed by atoms with van der Waals surface area (Å²) in [6.07, 6.45) is 3.51. The minimum absolute atomic E-state index is 0.409. The Hall–Kier alpha value is -2.37. The van der Waals surface area contributed by atoms with Crippen LogP contribution in [0.1, 0.15) is 24.9 Å². The SMILES string of the molecule is CCCc1nc(NCc2ccccn2)c(N)c(OC)n1. The molecule has 0 bridgehead atoms. The highest BCUT2D eigenvalue weighted by Crippen LogP contribution is 2.26. The summed E-state index contributed by atoms with van der Waals surface area (Å²) < 4.78 is 5.19. The van der Waals surface area contributed by atoms with Gasteiger partial charge in [0, 0.05) is 12.6 Å². The maximum absolute atomic E-state index is 5.99. The first-order valence-corrected chi connectivity index (χ1v) is 6.58. The summed E-state index contributed by atoms with van der Waals surface area (Å²) in [6, 6.07) is 5.76. The molecule has 0 aliphatic carbocycles. The lowest BCUT2D eigenvalue weighted by molar-refractivity contribution is 0.397. The monoisotopic (exact) mass is 273 g/mol. The van der Waals surface area contributed by atoms with Gasteiger partial charge >= 0.3 is 0 Å². The summed E-state index contributed by atoms with van der Waals surface area (Å²) in [4.78, 5) is 13.0. The van der Waals surface area contributed by atoms with Gasteiger partial charge in [0.25, 0.3) is 0 Å². The zero-order valence-electron chi connectivity index (χ0n) is 11.8. The van der Waals surface area contributed by atoms with Gasteiger partial charge in [-0.3, -0.25) is 4.98 Å². The number of rotatable bonds is 6. The Labute approximate surface area is 118 Å². The maximum atomic E-state index is 5.99. The summed E-state index contributed by atoms with van der Waals surface area (Å²) >= 11 is 0. The minimum Gasteiger partial charge on any atom is -0.479 e. The number of nitrogens with two attached hydrogens (primary N) is 1. The Morgan fingerprint density at radius 3 is 2.80 bits per heavy atom. The molecule has 0 fully saturated rings. The molecule has 2 aromatic heterocycles. The molecule has 6 nitrogen and oxygen atoms in total. The van der Waals surface area contributed by atoms with Crippen molar-refractivity contribution in [3.63, 3.8) is 0 Å². The van der Waals surface area contributed by atoms with Gasteiger partial charge < -0.3 is 15.8 Å². The number of hydrogen-bond acceptors (Lipinski definition) is 6. The van der Waals surface area contributed by atoms with Gasteiger partial charge in [0.05, 0.1) is 19.3 Å². The van der Waals surface area contributed by atoms with Gasteiger partial charge in [0.15, 0.2) is 5.82 Å². The summed E-state index contributed by atoms with van der Waals surface area (Å²) in [5, 5.41) is 3.18. The zero-order valence-corrected chi connectivity index (χ0v) is 11.8. The third kappa shape index (κ3) is 3.34. The van der Waals surface area contributed by atoms with E-state index in [1.54, 1.807) is 13.3 Å². The van der Waals surface area contributed by atoms with Crippen LogP contribution in [0.4, 0.5) is 11.5 Å². The van der Waals surface area contributed by atoms with E-state index >= 15 is 0 Å². The van der Waals surface area contributed by atoms with Crippen LogP contribution < -0.4 is 15.8 Å². The van der Waals surface area contributed by atoms with Crippen LogP contribution >= 0.6 is 0 Å². The highest BCUT2D eigenvalue weighted by molar-refractivity contribution is 5.66. The summed E-state index contributed by atoms with van der Waals surface area (Å²) in [7, 11) is 1.55. The molecule has 0 aliphatic rings. The number of anilines is 2. The van der Waals surface area contributed by atoms with Gasteiger partial charge in [0.2, 0.25) is 5.88 Å². The molecule has 0 aromatic carbocycles. The van der Waals surface area contributed by atoms with Crippen molar-refractivity contribution in [1.82, 2.24) is 15.0 Å². The summed E-state index contributed by atoms with van der Waals surface area (Å²) in [6.45, 7) is 2.63. The third-order valence-corrected chi connectivity index (χ3v) is 2.79. The molecule has 0 amide bonds. The van der Waals surface area contributed by atoms with Crippen molar-refractivity contribution >= 4 is 11.5 Å². The number of hydrogen-bond donors (Lipinski definition) is 2. The first kappa shape index (κ1) is 14.0. The predicted octanol–water partition coefficient (Wildman–Crippen LogP) is 2.03. The number of nitrogens with zero attached hydrogens (tertiary/aromatic N) is 3. The highest BCUT2D eigenvalue weighted by Gasteiger charge is 2.11. The van der Waals surface area contributed by atoms with Crippen LogP contribution in [0.3, 0.4) is 0 Å². The van der Waals surface area contributed by atoms with Gasteiger partial charge in [-0.25, -0.2) is 4.98 Å². The molecule has 6 heteroatoms. The van der Waals surface area contributed by atoms with Crippen LogP contribution in [-0.4, -0.2) is 22.1 Å². The van der Waals surface area contributed by atoms with Gasteiger partial charge in [0.1, 0.15) is 11.5 Å². The summed E-state index contributed by atoms with van der Waals surface area (Å²) in [5.41, 5.74) is 7.33. The van der Waals surface area contributed by atoms with Gasteiger partial charge in [-0.1, -0.05) is 13.0 Å². The van der Waals surface area contributed by atoms with E-state index < -0.39 is 0 Å². The van der Waals surface area contributed by atoms with Gasteiger partial charge in [-0.05, 0) is 18.6 Å². The lowest BCUT2D eigenvalue weighted by Crippen LogP contribution is -2.10. The van der Waals surface area contributed by atoms with Crippen LogP contribution in [0.15, 0.2) is 24.4 Å². The van der Waals surface area contributed by atoms with Crippen molar-refractivity contribution in [3.8, 4) is 5.88 Å². The molecular weight excluding hydrogens is 254 g/mol. The lowest BCUT2D eigenvalue weighted by Gasteiger charge is -2.12. The third-order valence-electron chi connectivity index (χ3n) is 2.79. The van der Waals surface area contributed by atoms with E-state index in [9.17, 15) is 0 Å². The molecule has 0 atom stereocenters. The quantitative estimate of drug-likeness (QED) is 0.837. The topological polar surface area (TPSA) is 86.0 Å². The fraction of sp³-hybridized carbons (Fsp3) is 0.357. The Morgan fingerprint density at radius 1 is 1.30 bits per heavy atom.